The molecule has 3 aromatic carbocycles. The number of amides is 2. The van der Waals surface area contributed by atoms with Crippen LogP contribution in [0, 0.1) is 6.92 Å². The standard InChI is InChI=1S/C25H23BrClN3O4/c1-15-12-19(26)9-10-21(15)28-24(31)25(32)30-29-16(2)17-8-11-22(23(13-17)33-3)34-14-18-6-4-5-7-20(18)27/h4-13H,14H2,1-3H3,(H,28,31)(H,30,32). The molecule has 3 rings (SSSR count). The van der Waals surface area contributed by atoms with E-state index < -0.39 is 11.8 Å². The second kappa shape index (κ2) is 11.7. The van der Waals surface area contributed by atoms with Crippen LogP contribution in [-0.2, 0) is 16.2 Å². The molecule has 7 nitrogen and oxygen atoms in total. The Morgan fingerprint density at radius 2 is 1.79 bits per heavy atom. The lowest BCUT2D eigenvalue weighted by atomic mass is 10.1. The van der Waals surface area contributed by atoms with Crippen LogP contribution in [0.15, 0.2) is 70.2 Å². The summed E-state index contributed by atoms with van der Waals surface area (Å²) in [6, 6.07) is 18.0. The Morgan fingerprint density at radius 3 is 2.50 bits per heavy atom. The third-order valence-corrected chi connectivity index (χ3v) is 5.75. The molecule has 0 saturated carbocycles. The summed E-state index contributed by atoms with van der Waals surface area (Å²) in [4.78, 5) is 24.4. The molecule has 0 spiro atoms. The molecule has 0 aliphatic heterocycles. The monoisotopic (exact) mass is 543 g/mol. The fourth-order valence-corrected chi connectivity index (χ4v) is 3.65. The molecular formula is C25H23BrClN3O4. The smallest absolute Gasteiger partial charge is 0.329 e. The third kappa shape index (κ3) is 6.59. The number of halogens is 2. The average molecular weight is 545 g/mol. The minimum Gasteiger partial charge on any atom is -0.493 e. The number of nitrogens with one attached hydrogen (secondary N) is 2. The van der Waals surface area contributed by atoms with Crippen LogP contribution in [-0.4, -0.2) is 24.6 Å². The van der Waals surface area contributed by atoms with E-state index in [0.29, 0.717) is 33.5 Å². The van der Waals surface area contributed by atoms with Gasteiger partial charge in [-0.1, -0.05) is 45.7 Å². The Morgan fingerprint density at radius 1 is 1.03 bits per heavy atom. The molecule has 2 amide bonds. The summed E-state index contributed by atoms with van der Waals surface area (Å²) < 4.78 is 12.2. The largest absolute Gasteiger partial charge is 0.493 e. The number of rotatable bonds is 7. The highest BCUT2D eigenvalue weighted by molar-refractivity contribution is 9.10. The van der Waals surface area contributed by atoms with Gasteiger partial charge < -0.3 is 14.8 Å². The van der Waals surface area contributed by atoms with Crippen molar-refractivity contribution in [3.8, 4) is 11.5 Å². The number of hydrazone groups is 1. The van der Waals surface area contributed by atoms with Crippen LogP contribution in [0.4, 0.5) is 5.69 Å². The van der Waals surface area contributed by atoms with Crippen molar-refractivity contribution in [1.82, 2.24) is 5.43 Å². The van der Waals surface area contributed by atoms with Crippen LogP contribution >= 0.6 is 27.5 Å². The molecule has 2 N–H and O–H groups in total. The van der Waals surface area contributed by atoms with E-state index in [-0.39, 0.29) is 6.61 Å². The summed E-state index contributed by atoms with van der Waals surface area (Å²) in [7, 11) is 1.53. The predicted molar refractivity (Wildman–Crippen MR) is 137 cm³/mol. The Hall–Kier alpha value is -3.36. The molecule has 0 atom stereocenters. The quantitative estimate of drug-likeness (QED) is 0.234. The van der Waals surface area contributed by atoms with E-state index >= 15 is 0 Å². The number of carbonyl (C=O) groups is 2. The molecule has 0 aromatic heterocycles. The Bertz CT molecular complexity index is 1250. The van der Waals surface area contributed by atoms with E-state index in [1.54, 1.807) is 43.3 Å². The number of carbonyl (C=O) groups excluding carboxylic acids is 2. The number of ether oxygens (including phenoxy) is 2. The summed E-state index contributed by atoms with van der Waals surface area (Å²) in [5, 5.41) is 7.23. The second-order valence-corrected chi connectivity index (χ2v) is 8.62. The fraction of sp³-hybridized carbons (Fsp3) is 0.160. The zero-order valence-electron chi connectivity index (χ0n) is 18.8. The first-order valence-corrected chi connectivity index (χ1v) is 11.4. The predicted octanol–water partition coefficient (Wildman–Crippen LogP) is 5.48. The highest BCUT2D eigenvalue weighted by Gasteiger charge is 2.15. The molecule has 0 heterocycles. The molecule has 0 bridgehead atoms. The molecule has 176 valence electrons. The van der Waals surface area contributed by atoms with E-state index in [9.17, 15) is 9.59 Å². The Kier molecular flexibility index (Phi) is 8.67. The van der Waals surface area contributed by atoms with Gasteiger partial charge in [0, 0.05) is 26.3 Å². The number of hydrogen-bond donors (Lipinski definition) is 2. The number of anilines is 1. The van der Waals surface area contributed by atoms with Gasteiger partial charge in [-0.05, 0) is 61.9 Å². The molecule has 0 aliphatic rings. The van der Waals surface area contributed by atoms with Crippen molar-refractivity contribution in [3.63, 3.8) is 0 Å². The van der Waals surface area contributed by atoms with Crippen LogP contribution in [0.25, 0.3) is 0 Å². The Labute approximate surface area is 211 Å². The third-order valence-electron chi connectivity index (χ3n) is 4.89. The van der Waals surface area contributed by atoms with Gasteiger partial charge in [-0.25, -0.2) is 5.43 Å². The normalized spacial score (nSPS) is 11.0. The van der Waals surface area contributed by atoms with Crippen molar-refractivity contribution in [1.29, 1.82) is 0 Å². The summed E-state index contributed by atoms with van der Waals surface area (Å²) in [6.45, 7) is 3.82. The summed E-state index contributed by atoms with van der Waals surface area (Å²) in [5.41, 5.74) is 5.66. The fourth-order valence-electron chi connectivity index (χ4n) is 2.98. The first-order valence-electron chi connectivity index (χ1n) is 10.2. The maximum Gasteiger partial charge on any atom is 0.329 e. The van der Waals surface area contributed by atoms with Crippen molar-refractivity contribution < 1.29 is 19.1 Å². The van der Waals surface area contributed by atoms with Gasteiger partial charge in [-0.15, -0.1) is 0 Å². The number of hydrogen-bond acceptors (Lipinski definition) is 5. The molecule has 0 saturated heterocycles. The summed E-state index contributed by atoms with van der Waals surface area (Å²) in [5.74, 6) is -0.669. The zero-order valence-corrected chi connectivity index (χ0v) is 21.2. The first-order chi connectivity index (χ1) is 16.3. The van der Waals surface area contributed by atoms with E-state index in [1.807, 2.05) is 31.2 Å². The number of benzene rings is 3. The molecule has 34 heavy (non-hydrogen) atoms. The van der Waals surface area contributed by atoms with Crippen LogP contribution in [0.3, 0.4) is 0 Å². The maximum atomic E-state index is 12.2. The van der Waals surface area contributed by atoms with Crippen LogP contribution < -0.4 is 20.2 Å². The molecule has 9 heteroatoms. The van der Waals surface area contributed by atoms with Crippen LogP contribution in [0.5, 0.6) is 11.5 Å². The molecule has 0 unspecified atom stereocenters. The molecular weight excluding hydrogens is 522 g/mol. The van der Waals surface area contributed by atoms with E-state index in [4.69, 9.17) is 21.1 Å². The van der Waals surface area contributed by atoms with Crippen molar-refractivity contribution >= 4 is 50.7 Å². The van der Waals surface area contributed by atoms with E-state index in [1.165, 1.54) is 7.11 Å². The van der Waals surface area contributed by atoms with Crippen molar-refractivity contribution in [3.05, 3.63) is 86.8 Å². The van der Waals surface area contributed by atoms with Gasteiger partial charge in [-0.3, -0.25) is 9.59 Å². The minimum absolute atomic E-state index is 0.283. The molecule has 0 aliphatic carbocycles. The van der Waals surface area contributed by atoms with Crippen molar-refractivity contribution in [2.45, 2.75) is 20.5 Å². The lowest BCUT2D eigenvalue weighted by Gasteiger charge is -2.13. The number of aryl methyl sites for hydroxylation is 1. The van der Waals surface area contributed by atoms with Gasteiger partial charge in [0.2, 0.25) is 0 Å². The highest BCUT2D eigenvalue weighted by Crippen LogP contribution is 2.30. The van der Waals surface area contributed by atoms with Crippen molar-refractivity contribution in [2.24, 2.45) is 5.10 Å². The SMILES string of the molecule is COc1cc(C(C)=NNC(=O)C(=O)Nc2ccc(Br)cc2C)ccc1OCc1ccccc1Cl. The first kappa shape index (κ1) is 25.3. The van der Waals surface area contributed by atoms with Gasteiger partial charge in [0.1, 0.15) is 6.61 Å². The van der Waals surface area contributed by atoms with Crippen LogP contribution in [0.1, 0.15) is 23.6 Å². The van der Waals surface area contributed by atoms with Crippen LogP contribution in [0.2, 0.25) is 5.02 Å². The van der Waals surface area contributed by atoms with Gasteiger partial charge in [0.15, 0.2) is 11.5 Å². The van der Waals surface area contributed by atoms with Crippen molar-refractivity contribution in [2.75, 3.05) is 12.4 Å². The molecule has 0 fully saturated rings. The number of methoxy groups -OCH3 is 1. The second-order valence-electron chi connectivity index (χ2n) is 7.30. The summed E-state index contributed by atoms with van der Waals surface area (Å²) >= 11 is 9.54. The maximum absolute atomic E-state index is 12.2. The van der Waals surface area contributed by atoms with Gasteiger partial charge in [0.25, 0.3) is 0 Å². The average Bonchev–Trinajstić information content (AvgIpc) is 2.83. The van der Waals surface area contributed by atoms with E-state index in [2.05, 4.69) is 31.8 Å². The van der Waals surface area contributed by atoms with E-state index in [0.717, 1.165) is 15.6 Å². The van der Waals surface area contributed by atoms with Gasteiger partial charge in [-0.2, -0.15) is 5.10 Å². The zero-order chi connectivity index (χ0) is 24.7. The molecule has 3 aromatic rings. The number of nitrogens with zero attached hydrogens (tertiary/aromatic N) is 1. The topological polar surface area (TPSA) is 89.0 Å². The van der Waals surface area contributed by atoms with Gasteiger partial charge >= 0.3 is 11.8 Å². The molecule has 0 radical (unpaired) electrons. The lowest BCUT2D eigenvalue weighted by Crippen LogP contribution is -2.33. The minimum atomic E-state index is -0.881. The van der Waals surface area contributed by atoms with Gasteiger partial charge in [0.05, 0.1) is 12.8 Å². The summed E-state index contributed by atoms with van der Waals surface area (Å²) in [6.07, 6.45) is 0. The highest BCUT2D eigenvalue weighted by atomic mass is 79.9. The Balaban J connectivity index is 1.64. The lowest BCUT2D eigenvalue weighted by molar-refractivity contribution is -0.136.